The van der Waals surface area contributed by atoms with Crippen molar-refractivity contribution < 1.29 is 38.1 Å². The third-order valence-electron chi connectivity index (χ3n) is 5.19. The molecule has 3 rings (SSSR count). The number of ether oxygens (including phenoxy) is 4. The number of hydrazone groups is 1. The van der Waals surface area contributed by atoms with E-state index in [4.69, 9.17) is 18.9 Å². The van der Waals surface area contributed by atoms with Crippen molar-refractivity contribution in [3.63, 3.8) is 0 Å². The van der Waals surface area contributed by atoms with Crippen molar-refractivity contribution in [2.24, 2.45) is 5.10 Å². The lowest BCUT2D eigenvalue weighted by Gasteiger charge is -2.28. The van der Waals surface area contributed by atoms with Crippen LogP contribution < -0.4 is 30.3 Å². The van der Waals surface area contributed by atoms with Crippen molar-refractivity contribution in [2.75, 3.05) is 20.3 Å². The second-order valence-electron chi connectivity index (χ2n) is 7.95. The highest BCUT2D eigenvalue weighted by atomic mass is 16.5. The Balaban J connectivity index is 1.64. The van der Waals surface area contributed by atoms with Crippen molar-refractivity contribution in [1.29, 1.82) is 0 Å². The number of rotatable bonds is 10. The fourth-order valence-electron chi connectivity index (χ4n) is 3.55. The summed E-state index contributed by atoms with van der Waals surface area (Å²) in [6, 6.07) is 10.1. The number of hydrogen-bond donors (Lipinski definition) is 3. The zero-order valence-electron chi connectivity index (χ0n) is 21.3. The quantitative estimate of drug-likeness (QED) is 0.185. The number of allylic oxidation sites excluding steroid dienone is 1. The van der Waals surface area contributed by atoms with Crippen LogP contribution >= 0.6 is 0 Å². The summed E-state index contributed by atoms with van der Waals surface area (Å²) in [5.74, 6) is -0.526. The Morgan fingerprint density at radius 3 is 2.50 bits per heavy atom. The number of nitrogens with one attached hydrogen (secondary N) is 3. The van der Waals surface area contributed by atoms with Gasteiger partial charge >= 0.3 is 18.0 Å². The van der Waals surface area contributed by atoms with Crippen molar-refractivity contribution in [2.45, 2.75) is 26.8 Å². The predicted molar refractivity (Wildman–Crippen MR) is 136 cm³/mol. The van der Waals surface area contributed by atoms with Crippen LogP contribution in [-0.2, 0) is 19.1 Å². The van der Waals surface area contributed by atoms with Crippen molar-refractivity contribution in [3.8, 4) is 17.2 Å². The highest BCUT2D eigenvalue weighted by Gasteiger charge is 2.32. The molecule has 200 valence electrons. The molecule has 1 aliphatic heterocycles. The summed E-state index contributed by atoms with van der Waals surface area (Å²) in [4.78, 5) is 47.8. The zero-order chi connectivity index (χ0) is 27.7. The molecular weight excluding hydrogens is 496 g/mol. The van der Waals surface area contributed by atoms with Gasteiger partial charge in [-0.05, 0) is 61.4 Å². The van der Waals surface area contributed by atoms with Crippen LogP contribution in [0, 0.1) is 0 Å². The summed E-state index contributed by atoms with van der Waals surface area (Å²) in [5, 5.41) is 9.17. The van der Waals surface area contributed by atoms with Gasteiger partial charge in [-0.15, -0.1) is 0 Å². The van der Waals surface area contributed by atoms with Gasteiger partial charge in [-0.2, -0.15) is 5.10 Å². The van der Waals surface area contributed by atoms with E-state index in [1.807, 2.05) is 0 Å². The van der Waals surface area contributed by atoms with Gasteiger partial charge in [-0.1, -0.05) is 6.07 Å². The molecule has 0 unspecified atom stereocenters. The van der Waals surface area contributed by atoms with Crippen LogP contribution in [0.1, 0.15) is 37.9 Å². The molecular formula is C26H28N4O8. The molecule has 0 bridgehead atoms. The maximum absolute atomic E-state index is 12.5. The maximum Gasteiger partial charge on any atom is 0.338 e. The molecule has 0 spiro atoms. The molecule has 0 fully saturated rings. The van der Waals surface area contributed by atoms with Gasteiger partial charge in [0.15, 0.2) is 18.1 Å². The molecule has 1 atom stereocenters. The Morgan fingerprint density at radius 2 is 1.84 bits per heavy atom. The number of urea groups is 1. The topological polar surface area (TPSA) is 154 Å². The number of esters is 2. The summed E-state index contributed by atoms with van der Waals surface area (Å²) in [5.41, 5.74) is 4.24. The molecule has 2 aromatic rings. The van der Waals surface area contributed by atoms with E-state index in [0.29, 0.717) is 28.3 Å². The van der Waals surface area contributed by atoms with Crippen LogP contribution in [0.3, 0.4) is 0 Å². The number of hydrogen-bond acceptors (Lipinski definition) is 9. The van der Waals surface area contributed by atoms with Crippen LogP contribution in [0.2, 0.25) is 0 Å². The first-order valence-corrected chi connectivity index (χ1v) is 11.6. The highest BCUT2D eigenvalue weighted by molar-refractivity contribution is 5.95. The van der Waals surface area contributed by atoms with Gasteiger partial charge in [0.1, 0.15) is 5.75 Å². The molecule has 2 aromatic carbocycles. The van der Waals surface area contributed by atoms with E-state index in [1.165, 1.54) is 20.2 Å². The number of amides is 3. The van der Waals surface area contributed by atoms with Gasteiger partial charge in [-0.3, -0.25) is 9.59 Å². The molecule has 3 N–H and O–H groups in total. The number of benzene rings is 2. The maximum atomic E-state index is 12.5. The summed E-state index contributed by atoms with van der Waals surface area (Å²) in [6.07, 6.45) is 1.43. The van der Waals surface area contributed by atoms with Crippen molar-refractivity contribution in [3.05, 3.63) is 64.9 Å². The standard InChI is InChI=1S/C26H28N4O8/c1-5-36-25(33)23-15(2)28-26(34)29-24(23)18-8-11-20(21(12-18)35-4)37-14-22(32)30-27-13-17-6-9-19(10-7-17)38-16(3)31/h6-13,24H,5,14H2,1-4H3,(H,30,32)(H2,28,29,34)/b27-13+/t24-/m0/s1. The fraction of sp³-hybridized carbons (Fsp3) is 0.269. The normalized spacial score (nSPS) is 14.8. The second-order valence-corrected chi connectivity index (χ2v) is 7.95. The van der Waals surface area contributed by atoms with Crippen LogP contribution in [0.25, 0.3) is 0 Å². The number of carbonyl (C=O) groups is 4. The van der Waals surface area contributed by atoms with Gasteiger partial charge in [0.05, 0.1) is 31.5 Å². The van der Waals surface area contributed by atoms with E-state index in [0.717, 1.165) is 0 Å². The van der Waals surface area contributed by atoms with E-state index >= 15 is 0 Å². The number of carbonyl (C=O) groups excluding carboxylic acids is 4. The molecule has 12 heteroatoms. The Labute approximate surface area is 219 Å². The van der Waals surface area contributed by atoms with Crippen molar-refractivity contribution >= 4 is 30.1 Å². The molecule has 0 saturated carbocycles. The summed E-state index contributed by atoms with van der Waals surface area (Å²) < 4.78 is 21.1. The molecule has 0 aromatic heterocycles. The average Bonchev–Trinajstić information content (AvgIpc) is 2.87. The molecule has 1 heterocycles. The van der Waals surface area contributed by atoms with Gasteiger partial charge in [0, 0.05) is 12.6 Å². The summed E-state index contributed by atoms with van der Waals surface area (Å²) in [7, 11) is 1.43. The van der Waals surface area contributed by atoms with E-state index < -0.39 is 29.9 Å². The first-order valence-electron chi connectivity index (χ1n) is 11.6. The van der Waals surface area contributed by atoms with Crippen LogP contribution in [0.15, 0.2) is 58.8 Å². The lowest BCUT2D eigenvalue weighted by Crippen LogP contribution is -2.45. The number of nitrogens with zero attached hydrogens (tertiary/aromatic N) is 1. The van der Waals surface area contributed by atoms with E-state index in [-0.39, 0.29) is 24.5 Å². The SMILES string of the molecule is CCOC(=O)C1=C(C)NC(=O)N[C@H]1c1ccc(OCC(=O)N/N=C/c2ccc(OC(C)=O)cc2)c(OC)c1. The van der Waals surface area contributed by atoms with Crippen LogP contribution in [0.5, 0.6) is 17.2 Å². The molecule has 3 amide bonds. The lowest BCUT2D eigenvalue weighted by molar-refractivity contribution is -0.139. The largest absolute Gasteiger partial charge is 0.493 e. The Morgan fingerprint density at radius 1 is 1.11 bits per heavy atom. The molecule has 1 aliphatic rings. The van der Waals surface area contributed by atoms with Gasteiger partial charge in [0.25, 0.3) is 5.91 Å². The smallest absolute Gasteiger partial charge is 0.338 e. The predicted octanol–water partition coefficient (Wildman–Crippen LogP) is 2.34. The van der Waals surface area contributed by atoms with Gasteiger partial charge in [0.2, 0.25) is 0 Å². The Bertz CT molecular complexity index is 1270. The summed E-state index contributed by atoms with van der Waals surface area (Å²) >= 11 is 0. The highest BCUT2D eigenvalue weighted by Crippen LogP contribution is 2.34. The third-order valence-corrected chi connectivity index (χ3v) is 5.19. The minimum absolute atomic E-state index is 0.181. The first kappa shape index (κ1) is 27.7. The molecule has 0 aliphatic carbocycles. The zero-order valence-corrected chi connectivity index (χ0v) is 21.3. The second kappa shape index (κ2) is 12.9. The fourth-order valence-corrected chi connectivity index (χ4v) is 3.55. The first-order chi connectivity index (χ1) is 18.2. The average molecular weight is 525 g/mol. The van der Waals surface area contributed by atoms with E-state index in [9.17, 15) is 19.2 Å². The minimum atomic E-state index is -0.772. The van der Waals surface area contributed by atoms with E-state index in [1.54, 1.807) is 56.3 Å². The Kier molecular flexibility index (Phi) is 9.41. The van der Waals surface area contributed by atoms with Crippen LogP contribution in [0.4, 0.5) is 4.79 Å². The third kappa shape index (κ3) is 7.32. The molecule has 0 radical (unpaired) electrons. The Hall–Kier alpha value is -4.87. The molecule has 38 heavy (non-hydrogen) atoms. The molecule has 0 saturated heterocycles. The summed E-state index contributed by atoms with van der Waals surface area (Å²) in [6.45, 7) is 4.45. The van der Waals surface area contributed by atoms with E-state index in [2.05, 4.69) is 21.2 Å². The lowest BCUT2D eigenvalue weighted by atomic mass is 9.95. The minimum Gasteiger partial charge on any atom is -0.493 e. The van der Waals surface area contributed by atoms with Crippen LogP contribution in [-0.4, -0.2) is 50.4 Å². The number of methoxy groups -OCH3 is 1. The monoisotopic (exact) mass is 524 g/mol. The van der Waals surface area contributed by atoms with Crippen molar-refractivity contribution in [1.82, 2.24) is 16.1 Å². The van der Waals surface area contributed by atoms with Gasteiger partial charge in [-0.25, -0.2) is 15.0 Å². The van der Waals surface area contributed by atoms with Gasteiger partial charge < -0.3 is 29.6 Å². The molecule has 12 nitrogen and oxygen atoms in total.